The van der Waals surface area contributed by atoms with Crippen molar-refractivity contribution in [2.45, 2.75) is 31.7 Å². The number of hydrogen-bond acceptors (Lipinski definition) is 3. The van der Waals surface area contributed by atoms with Gasteiger partial charge in [0.1, 0.15) is 6.04 Å². The fourth-order valence-corrected chi connectivity index (χ4v) is 3.27. The third-order valence-corrected chi connectivity index (χ3v) is 4.44. The van der Waals surface area contributed by atoms with Crippen molar-refractivity contribution >= 4 is 5.91 Å². The average molecular weight is 224 g/mol. The van der Waals surface area contributed by atoms with Gasteiger partial charge in [0.05, 0.1) is 13.2 Å². The van der Waals surface area contributed by atoms with E-state index in [0.29, 0.717) is 12.0 Å². The van der Waals surface area contributed by atoms with E-state index in [9.17, 15) is 4.79 Å². The van der Waals surface area contributed by atoms with Crippen LogP contribution in [0.3, 0.4) is 0 Å². The van der Waals surface area contributed by atoms with Crippen molar-refractivity contribution < 1.29 is 9.53 Å². The molecule has 0 spiro atoms. The molecule has 90 valence electrons. The molecule has 0 aromatic carbocycles. The first-order valence-electron chi connectivity index (χ1n) is 6.39. The van der Waals surface area contributed by atoms with Crippen LogP contribution in [0.5, 0.6) is 0 Å². The normalized spacial score (nSPS) is 41.5. The van der Waals surface area contributed by atoms with E-state index in [2.05, 4.69) is 10.6 Å². The topological polar surface area (TPSA) is 50.4 Å². The van der Waals surface area contributed by atoms with Crippen LogP contribution >= 0.6 is 0 Å². The van der Waals surface area contributed by atoms with Gasteiger partial charge in [-0.1, -0.05) is 6.42 Å². The highest BCUT2D eigenvalue weighted by molar-refractivity contribution is 5.82. The lowest BCUT2D eigenvalue weighted by Gasteiger charge is -2.24. The SMILES string of the molecule is O=C(NC[C@@]12CCC[C@@H]1C2)C1COCCN1. The summed E-state index contributed by atoms with van der Waals surface area (Å²) in [7, 11) is 0. The summed E-state index contributed by atoms with van der Waals surface area (Å²) in [6.07, 6.45) is 5.38. The Hall–Kier alpha value is -0.610. The Morgan fingerprint density at radius 3 is 3.12 bits per heavy atom. The number of fused-ring (bicyclic) bond motifs is 1. The van der Waals surface area contributed by atoms with Gasteiger partial charge in [-0.3, -0.25) is 4.79 Å². The van der Waals surface area contributed by atoms with Crippen LogP contribution in [-0.4, -0.2) is 38.3 Å². The van der Waals surface area contributed by atoms with E-state index in [0.717, 1.165) is 25.6 Å². The number of carbonyl (C=O) groups is 1. The van der Waals surface area contributed by atoms with Crippen LogP contribution in [0.4, 0.5) is 0 Å². The van der Waals surface area contributed by atoms with Crippen LogP contribution in [0.2, 0.25) is 0 Å². The summed E-state index contributed by atoms with van der Waals surface area (Å²) in [5.41, 5.74) is 0.491. The number of nitrogens with one attached hydrogen (secondary N) is 2. The van der Waals surface area contributed by atoms with Gasteiger partial charge in [-0.25, -0.2) is 0 Å². The lowest BCUT2D eigenvalue weighted by atomic mass is 10.0. The largest absolute Gasteiger partial charge is 0.378 e. The Balaban J connectivity index is 1.46. The third kappa shape index (κ3) is 1.84. The molecule has 2 aliphatic carbocycles. The Morgan fingerprint density at radius 1 is 1.56 bits per heavy atom. The summed E-state index contributed by atoms with van der Waals surface area (Å²) in [5, 5.41) is 6.28. The minimum atomic E-state index is -0.135. The van der Waals surface area contributed by atoms with E-state index < -0.39 is 0 Å². The van der Waals surface area contributed by atoms with E-state index in [1.165, 1.54) is 25.7 Å². The van der Waals surface area contributed by atoms with E-state index in [4.69, 9.17) is 4.74 Å². The number of rotatable bonds is 3. The van der Waals surface area contributed by atoms with Gasteiger partial charge in [-0.05, 0) is 30.6 Å². The predicted molar refractivity (Wildman–Crippen MR) is 60.0 cm³/mol. The molecule has 1 amide bonds. The molecule has 0 aromatic rings. The fraction of sp³-hybridized carbons (Fsp3) is 0.917. The summed E-state index contributed by atoms with van der Waals surface area (Å²) in [4.78, 5) is 11.9. The highest BCUT2D eigenvalue weighted by Crippen LogP contribution is 2.63. The Bertz CT molecular complexity index is 289. The summed E-state index contributed by atoms with van der Waals surface area (Å²) in [6.45, 7) is 2.90. The smallest absolute Gasteiger partial charge is 0.239 e. The molecule has 0 radical (unpaired) electrons. The molecule has 4 nitrogen and oxygen atoms in total. The number of carbonyl (C=O) groups excluding carboxylic acids is 1. The van der Waals surface area contributed by atoms with E-state index in [1.807, 2.05) is 0 Å². The van der Waals surface area contributed by atoms with Crippen molar-refractivity contribution in [1.29, 1.82) is 0 Å². The Labute approximate surface area is 96.1 Å². The first kappa shape index (κ1) is 10.5. The molecule has 3 aliphatic rings. The van der Waals surface area contributed by atoms with Gasteiger partial charge in [0.15, 0.2) is 0 Å². The van der Waals surface area contributed by atoms with Crippen molar-refractivity contribution in [3.63, 3.8) is 0 Å². The van der Waals surface area contributed by atoms with Crippen LogP contribution in [0.15, 0.2) is 0 Å². The van der Waals surface area contributed by atoms with Crippen LogP contribution in [-0.2, 0) is 9.53 Å². The second-order valence-electron chi connectivity index (χ2n) is 5.46. The second kappa shape index (κ2) is 4.00. The lowest BCUT2D eigenvalue weighted by molar-refractivity contribution is -0.126. The van der Waals surface area contributed by atoms with Gasteiger partial charge in [0.25, 0.3) is 0 Å². The van der Waals surface area contributed by atoms with Crippen LogP contribution in [0.25, 0.3) is 0 Å². The van der Waals surface area contributed by atoms with Crippen molar-refractivity contribution in [2.24, 2.45) is 11.3 Å². The highest BCUT2D eigenvalue weighted by Gasteiger charge is 2.56. The molecule has 1 unspecified atom stereocenters. The van der Waals surface area contributed by atoms with Crippen molar-refractivity contribution in [2.75, 3.05) is 26.3 Å². The zero-order chi connectivity index (χ0) is 11.0. The molecule has 3 fully saturated rings. The maximum atomic E-state index is 11.9. The Kier molecular flexibility index (Phi) is 2.64. The molecular weight excluding hydrogens is 204 g/mol. The summed E-state index contributed by atoms with van der Waals surface area (Å²) in [6, 6.07) is -0.135. The molecule has 16 heavy (non-hydrogen) atoms. The molecular formula is C12H20N2O2. The lowest BCUT2D eigenvalue weighted by Crippen LogP contribution is -2.52. The molecule has 4 heteroatoms. The minimum absolute atomic E-state index is 0.117. The zero-order valence-electron chi connectivity index (χ0n) is 9.63. The van der Waals surface area contributed by atoms with Gasteiger partial charge in [-0.2, -0.15) is 0 Å². The summed E-state index contributed by atoms with van der Waals surface area (Å²) < 4.78 is 5.29. The molecule has 0 bridgehead atoms. The fourth-order valence-electron chi connectivity index (χ4n) is 3.27. The third-order valence-electron chi connectivity index (χ3n) is 4.44. The van der Waals surface area contributed by atoms with Crippen LogP contribution in [0, 0.1) is 11.3 Å². The first-order valence-corrected chi connectivity index (χ1v) is 6.39. The summed E-state index contributed by atoms with van der Waals surface area (Å²) >= 11 is 0. The van der Waals surface area contributed by atoms with E-state index in [-0.39, 0.29) is 11.9 Å². The minimum Gasteiger partial charge on any atom is -0.378 e. The average Bonchev–Trinajstić information content (AvgIpc) is 2.89. The number of amides is 1. The predicted octanol–water partition coefficient (Wildman–Crippen LogP) is 0.281. The molecule has 1 saturated heterocycles. The van der Waals surface area contributed by atoms with E-state index in [1.54, 1.807) is 0 Å². The van der Waals surface area contributed by atoms with E-state index >= 15 is 0 Å². The zero-order valence-corrected chi connectivity index (χ0v) is 9.63. The molecule has 3 atom stereocenters. The number of morpholine rings is 1. The summed E-state index contributed by atoms with van der Waals surface area (Å²) in [5.74, 6) is 1.02. The molecule has 1 heterocycles. The number of hydrogen-bond donors (Lipinski definition) is 2. The maximum Gasteiger partial charge on any atom is 0.239 e. The second-order valence-corrected chi connectivity index (χ2v) is 5.46. The standard InChI is InChI=1S/C12H20N2O2/c15-11(10-7-16-5-4-13-10)14-8-12-3-1-2-9(12)6-12/h9-10,13H,1-8H2,(H,14,15)/t9-,10?,12+/m1/s1. The molecule has 2 N–H and O–H groups in total. The monoisotopic (exact) mass is 224 g/mol. The quantitative estimate of drug-likeness (QED) is 0.724. The highest BCUT2D eigenvalue weighted by atomic mass is 16.5. The van der Waals surface area contributed by atoms with Crippen molar-refractivity contribution in [1.82, 2.24) is 10.6 Å². The van der Waals surface area contributed by atoms with Gasteiger partial charge in [0, 0.05) is 13.1 Å². The van der Waals surface area contributed by atoms with Gasteiger partial charge >= 0.3 is 0 Å². The van der Waals surface area contributed by atoms with Crippen LogP contribution in [0.1, 0.15) is 25.7 Å². The van der Waals surface area contributed by atoms with Crippen LogP contribution < -0.4 is 10.6 Å². The Morgan fingerprint density at radius 2 is 2.50 bits per heavy atom. The molecule has 3 rings (SSSR count). The van der Waals surface area contributed by atoms with Gasteiger partial charge in [0.2, 0.25) is 5.91 Å². The van der Waals surface area contributed by atoms with Gasteiger partial charge in [-0.15, -0.1) is 0 Å². The maximum absolute atomic E-state index is 11.9. The molecule has 2 saturated carbocycles. The van der Waals surface area contributed by atoms with Gasteiger partial charge < -0.3 is 15.4 Å². The molecule has 1 aliphatic heterocycles. The number of ether oxygens (including phenoxy) is 1. The van der Waals surface area contributed by atoms with Crippen molar-refractivity contribution in [3.8, 4) is 0 Å². The molecule has 0 aromatic heterocycles. The first-order chi connectivity index (χ1) is 7.80. The van der Waals surface area contributed by atoms with Crippen molar-refractivity contribution in [3.05, 3.63) is 0 Å².